The first kappa shape index (κ1) is 13.5. The standard InChI is InChI=1S/C15H16FNO2/c1-15(2,19)9-17-14(18)12-7-8-13(16)11-6-4-3-5-10(11)12/h3-8,19H,9H2,1-2H3,(H,17,18). The van der Waals surface area contributed by atoms with Crippen LogP contribution in [0.1, 0.15) is 24.2 Å². The number of fused-ring (bicyclic) bond motifs is 1. The molecule has 19 heavy (non-hydrogen) atoms. The van der Waals surface area contributed by atoms with E-state index in [2.05, 4.69) is 5.32 Å². The Hall–Kier alpha value is -1.94. The van der Waals surface area contributed by atoms with Gasteiger partial charge in [-0.05, 0) is 31.4 Å². The lowest BCUT2D eigenvalue weighted by molar-refractivity contribution is 0.0695. The van der Waals surface area contributed by atoms with E-state index in [-0.39, 0.29) is 18.3 Å². The second-order valence-corrected chi connectivity index (χ2v) is 5.14. The van der Waals surface area contributed by atoms with Crippen molar-refractivity contribution in [2.45, 2.75) is 19.4 Å². The van der Waals surface area contributed by atoms with Crippen molar-refractivity contribution in [1.29, 1.82) is 0 Å². The molecule has 0 saturated heterocycles. The monoisotopic (exact) mass is 261 g/mol. The summed E-state index contributed by atoms with van der Waals surface area (Å²) in [5.74, 6) is -0.673. The molecule has 0 bridgehead atoms. The minimum absolute atomic E-state index is 0.136. The van der Waals surface area contributed by atoms with Crippen molar-refractivity contribution in [3.05, 3.63) is 47.8 Å². The maximum absolute atomic E-state index is 13.6. The predicted molar refractivity (Wildman–Crippen MR) is 72.5 cm³/mol. The van der Waals surface area contributed by atoms with Gasteiger partial charge in [0.2, 0.25) is 0 Å². The zero-order valence-electron chi connectivity index (χ0n) is 10.9. The summed E-state index contributed by atoms with van der Waals surface area (Å²) in [4.78, 5) is 12.1. The smallest absolute Gasteiger partial charge is 0.252 e. The largest absolute Gasteiger partial charge is 0.389 e. The lowest BCUT2D eigenvalue weighted by Crippen LogP contribution is -2.38. The maximum atomic E-state index is 13.6. The van der Waals surface area contributed by atoms with Crippen LogP contribution in [0.15, 0.2) is 36.4 Å². The van der Waals surface area contributed by atoms with Crippen molar-refractivity contribution >= 4 is 16.7 Å². The van der Waals surface area contributed by atoms with Crippen LogP contribution in [0.5, 0.6) is 0 Å². The van der Waals surface area contributed by atoms with Crippen molar-refractivity contribution < 1.29 is 14.3 Å². The van der Waals surface area contributed by atoms with Gasteiger partial charge in [0, 0.05) is 17.5 Å². The first-order valence-electron chi connectivity index (χ1n) is 6.06. The number of rotatable bonds is 3. The molecule has 0 fully saturated rings. The fraction of sp³-hybridized carbons (Fsp3) is 0.267. The number of carbonyl (C=O) groups is 1. The van der Waals surface area contributed by atoms with Crippen molar-refractivity contribution in [1.82, 2.24) is 5.32 Å². The van der Waals surface area contributed by atoms with E-state index in [0.717, 1.165) is 0 Å². The van der Waals surface area contributed by atoms with Crippen LogP contribution in [0.2, 0.25) is 0 Å². The molecule has 0 spiro atoms. The van der Waals surface area contributed by atoms with E-state index in [1.807, 2.05) is 0 Å². The van der Waals surface area contributed by atoms with Crippen LogP contribution in [0.3, 0.4) is 0 Å². The third-order valence-electron chi connectivity index (χ3n) is 2.80. The zero-order valence-corrected chi connectivity index (χ0v) is 10.9. The molecule has 0 atom stereocenters. The summed E-state index contributed by atoms with van der Waals surface area (Å²) in [6, 6.07) is 9.56. The van der Waals surface area contributed by atoms with E-state index in [1.54, 1.807) is 38.1 Å². The molecule has 3 nitrogen and oxygen atoms in total. The van der Waals surface area contributed by atoms with Crippen LogP contribution in [-0.2, 0) is 0 Å². The van der Waals surface area contributed by atoms with Gasteiger partial charge in [0.15, 0.2) is 0 Å². The van der Waals surface area contributed by atoms with E-state index >= 15 is 0 Å². The summed E-state index contributed by atoms with van der Waals surface area (Å²) in [5.41, 5.74) is -0.577. The predicted octanol–water partition coefficient (Wildman–Crippen LogP) is 2.48. The highest BCUT2D eigenvalue weighted by molar-refractivity contribution is 6.07. The number of aliphatic hydroxyl groups is 1. The number of hydrogen-bond donors (Lipinski definition) is 2. The normalized spacial score (nSPS) is 11.6. The molecule has 4 heteroatoms. The van der Waals surface area contributed by atoms with Crippen LogP contribution in [0, 0.1) is 5.82 Å². The molecule has 2 aromatic carbocycles. The average molecular weight is 261 g/mol. The molecule has 0 saturated carbocycles. The van der Waals surface area contributed by atoms with Crippen molar-refractivity contribution in [3.63, 3.8) is 0 Å². The van der Waals surface area contributed by atoms with E-state index in [9.17, 15) is 14.3 Å². The first-order chi connectivity index (χ1) is 8.88. The van der Waals surface area contributed by atoms with Gasteiger partial charge in [-0.1, -0.05) is 24.3 Å². The molecule has 100 valence electrons. The number of halogens is 1. The summed E-state index contributed by atoms with van der Waals surface area (Å²) < 4.78 is 13.6. The van der Waals surface area contributed by atoms with Gasteiger partial charge >= 0.3 is 0 Å². The fourth-order valence-corrected chi connectivity index (χ4v) is 1.85. The van der Waals surface area contributed by atoms with Crippen molar-refractivity contribution in [3.8, 4) is 0 Å². The summed E-state index contributed by atoms with van der Waals surface area (Å²) in [6.07, 6.45) is 0. The Kier molecular flexibility index (Phi) is 3.53. The molecule has 0 radical (unpaired) electrons. The summed E-state index contributed by atoms with van der Waals surface area (Å²) >= 11 is 0. The average Bonchev–Trinajstić information content (AvgIpc) is 2.36. The number of nitrogens with one attached hydrogen (secondary N) is 1. The molecule has 0 aliphatic rings. The summed E-state index contributed by atoms with van der Waals surface area (Å²) in [7, 11) is 0. The van der Waals surface area contributed by atoms with Gasteiger partial charge in [0.05, 0.1) is 5.60 Å². The lowest BCUT2D eigenvalue weighted by atomic mass is 10.0. The molecule has 2 rings (SSSR count). The maximum Gasteiger partial charge on any atom is 0.252 e. The lowest BCUT2D eigenvalue weighted by Gasteiger charge is -2.18. The minimum Gasteiger partial charge on any atom is -0.389 e. The minimum atomic E-state index is -0.981. The van der Waals surface area contributed by atoms with E-state index < -0.39 is 5.60 Å². The van der Waals surface area contributed by atoms with Gasteiger partial charge in [-0.15, -0.1) is 0 Å². The summed E-state index contributed by atoms with van der Waals surface area (Å²) in [6.45, 7) is 3.35. The SMILES string of the molecule is CC(C)(O)CNC(=O)c1ccc(F)c2ccccc12. The van der Waals surface area contributed by atoms with Crippen molar-refractivity contribution in [2.24, 2.45) is 0 Å². The third kappa shape index (κ3) is 3.09. The number of benzene rings is 2. The molecule has 1 amide bonds. The second kappa shape index (κ2) is 4.97. The Morgan fingerprint density at radius 3 is 2.47 bits per heavy atom. The van der Waals surface area contributed by atoms with E-state index in [4.69, 9.17) is 0 Å². The van der Waals surface area contributed by atoms with Gasteiger partial charge in [0.1, 0.15) is 5.82 Å². The van der Waals surface area contributed by atoms with Crippen molar-refractivity contribution in [2.75, 3.05) is 6.54 Å². The topological polar surface area (TPSA) is 49.3 Å². The zero-order chi connectivity index (χ0) is 14.0. The van der Waals surface area contributed by atoms with Gasteiger partial charge in [-0.3, -0.25) is 4.79 Å². The Morgan fingerprint density at radius 1 is 1.21 bits per heavy atom. The molecule has 0 unspecified atom stereocenters. The van der Waals surface area contributed by atoms with Crippen LogP contribution in [0.25, 0.3) is 10.8 Å². The highest BCUT2D eigenvalue weighted by Gasteiger charge is 2.16. The number of hydrogen-bond acceptors (Lipinski definition) is 2. The van der Waals surface area contributed by atoms with Crippen LogP contribution >= 0.6 is 0 Å². The molecule has 0 aliphatic carbocycles. The van der Waals surface area contributed by atoms with E-state index in [1.165, 1.54) is 12.1 Å². The van der Waals surface area contributed by atoms with Gasteiger partial charge < -0.3 is 10.4 Å². The van der Waals surface area contributed by atoms with Gasteiger partial charge in [0.25, 0.3) is 5.91 Å². The van der Waals surface area contributed by atoms with Gasteiger partial charge in [-0.2, -0.15) is 0 Å². The third-order valence-corrected chi connectivity index (χ3v) is 2.80. The Bertz CT molecular complexity index is 617. The Morgan fingerprint density at radius 2 is 1.84 bits per heavy atom. The molecule has 0 heterocycles. The van der Waals surface area contributed by atoms with Gasteiger partial charge in [-0.25, -0.2) is 4.39 Å². The molecular weight excluding hydrogens is 245 g/mol. The first-order valence-corrected chi connectivity index (χ1v) is 6.06. The molecular formula is C15H16FNO2. The highest BCUT2D eigenvalue weighted by Crippen LogP contribution is 2.21. The molecule has 2 N–H and O–H groups in total. The number of amides is 1. The van der Waals surface area contributed by atoms with Crippen LogP contribution in [-0.4, -0.2) is 23.2 Å². The number of carbonyl (C=O) groups excluding carboxylic acids is 1. The highest BCUT2D eigenvalue weighted by atomic mass is 19.1. The second-order valence-electron chi connectivity index (χ2n) is 5.14. The Balaban J connectivity index is 2.35. The molecule has 0 aliphatic heterocycles. The fourth-order valence-electron chi connectivity index (χ4n) is 1.85. The molecule has 2 aromatic rings. The van der Waals surface area contributed by atoms with Crippen LogP contribution in [0.4, 0.5) is 4.39 Å². The Labute approximate surface area is 111 Å². The quantitative estimate of drug-likeness (QED) is 0.891. The van der Waals surface area contributed by atoms with E-state index in [0.29, 0.717) is 16.3 Å². The van der Waals surface area contributed by atoms with Crippen LogP contribution < -0.4 is 5.32 Å². The molecule has 0 aromatic heterocycles. The summed E-state index contributed by atoms with van der Waals surface area (Å²) in [5, 5.41) is 13.2.